The molecule has 2 saturated heterocycles. The van der Waals surface area contributed by atoms with Crippen LogP contribution in [0.25, 0.3) is 0 Å². The first kappa shape index (κ1) is 13.1. The first-order chi connectivity index (χ1) is 8.26. The number of alkyl carbamates (subject to hydrolysis) is 1. The van der Waals surface area contributed by atoms with Crippen LogP contribution in [0.2, 0.25) is 0 Å². The van der Waals surface area contributed by atoms with Crippen molar-refractivity contribution in [2.45, 2.75) is 57.5 Å². The summed E-state index contributed by atoms with van der Waals surface area (Å²) in [4.78, 5) is 22.5. The van der Waals surface area contributed by atoms with Gasteiger partial charge in [0.2, 0.25) is 0 Å². The van der Waals surface area contributed by atoms with Gasteiger partial charge < -0.3 is 19.9 Å². The Morgan fingerprint density at radius 2 is 1.94 bits per heavy atom. The summed E-state index contributed by atoms with van der Waals surface area (Å²) in [6.07, 6.45) is 0.0352. The van der Waals surface area contributed by atoms with Gasteiger partial charge in [-0.05, 0) is 33.6 Å². The third-order valence-electron chi connectivity index (χ3n) is 3.24. The third kappa shape index (κ3) is 2.75. The number of fused-ring (bicyclic) bond motifs is 2. The zero-order valence-corrected chi connectivity index (χ0v) is 10.8. The highest BCUT2D eigenvalue weighted by Gasteiger charge is 2.50. The molecule has 0 aliphatic carbocycles. The molecular formula is C12H19NO5. The molecule has 0 spiro atoms. The summed E-state index contributed by atoms with van der Waals surface area (Å²) < 4.78 is 10.7. The van der Waals surface area contributed by atoms with E-state index >= 15 is 0 Å². The minimum absolute atomic E-state index is 0.138. The second-order valence-electron chi connectivity index (χ2n) is 5.88. The number of carbonyl (C=O) groups is 2. The summed E-state index contributed by atoms with van der Waals surface area (Å²) in [5.41, 5.74) is -0.536. The number of nitrogens with one attached hydrogen (secondary N) is 1. The molecule has 2 aliphatic rings. The Morgan fingerprint density at radius 3 is 2.39 bits per heavy atom. The molecule has 0 aromatic heterocycles. The monoisotopic (exact) mass is 257 g/mol. The molecule has 2 bridgehead atoms. The van der Waals surface area contributed by atoms with Crippen LogP contribution < -0.4 is 5.32 Å². The topological polar surface area (TPSA) is 84.9 Å². The SMILES string of the molecule is CC(C)(C)OC(=O)NC1CC2OC1CC2C(=O)O. The van der Waals surface area contributed by atoms with Crippen LogP contribution in [0.4, 0.5) is 4.79 Å². The van der Waals surface area contributed by atoms with Crippen LogP contribution in [-0.2, 0) is 14.3 Å². The molecule has 18 heavy (non-hydrogen) atoms. The molecule has 6 heteroatoms. The number of hydrogen-bond acceptors (Lipinski definition) is 4. The highest BCUT2D eigenvalue weighted by atomic mass is 16.6. The first-order valence-electron chi connectivity index (χ1n) is 6.14. The average molecular weight is 257 g/mol. The Balaban J connectivity index is 1.85. The van der Waals surface area contributed by atoms with Crippen LogP contribution in [0, 0.1) is 5.92 Å². The summed E-state index contributed by atoms with van der Waals surface area (Å²) in [5.74, 6) is -1.26. The fourth-order valence-corrected chi connectivity index (χ4v) is 2.53. The fraction of sp³-hybridized carbons (Fsp3) is 0.833. The lowest BCUT2D eigenvalue weighted by Crippen LogP contribution is -2.45. The maximum absolute atomic E-state index is 11.6. The molecule has 2 aliphatic heterocycles. The van der Waals surface area contributed by atoms with Gasteiger partial charge in [-0.3, -0.25) is 4.79 Å². The predicted molar refractivity (Wildman–Crippen MR) is 62.2 cm³/mol. The van der Waals surface area contributed by atoms with Gasteiger partial charge in [-0.2, -0.15) is 0 Å². The van der Waals surface area contributed by atoms with Crippen molar-refractivity contribution in [3.05, 3.63) is 0 Å². The van der Waals surface area contributed by atoms with Crippen LogP contribution in [0.1, 0.15) is 33.6 Å². The van der Waals surface area contributed by atoms with Gasteiger partial charge in [0, 0.05) is 0 Å². The summed E-state index contributed by atoms with van der Waals surface area (Å²) in [6, 6.07) is -0.138. The van der Waals surface area contributed by atoms with E-state index < -0.39 is 23.6 Å². The first-order valence-corrected chi connectivity index (χ1v) is 6.14. The molecule has 0 aromatic carbocycles. The number of rotatable bonds is 2. The largest absolute Gasteiger partial charge is 0.481 e. The third-order valence-corrected chi connectivity index (χ3v) is 3.24. The van der Waals surface area contributed by atoms with Crippen LogP contribution in [-0.4, -0.2) is 41.0 Å². The second-order valence-corrected chi connectivity index (χ2v) is 5.88. The molecule has 4 unspecified atom stereocenters. The van der Waals surface area contributed by atoms with Gasteiger partial charge >= 0.3 is 12.1 Å². The number of hydrogen-bond donors (Lipinski definition) is 2. The van der Waals surface area contributed by atoms with E-state index in [1.165, 1.54) is 0 Å². The van der Waals surface area contributed by atoms with Crippen LogP contribution in [0.15, 0.2) is 0 Å². The van der Waals surface area contributed by atoms with Crippen molar-refractivity contribution in [3.63, 3.8) is 0 Å². The van der Waals surface area contributed by atoms with Crippen molar-refractivity contribution in [2.24, 2.45) is 5.92 Å². The molecule has 2 heterocycles. The van der Waals surface area contributed by atoms with Crippen LogP contribution in [0.3, 0.4) is 0 Å². The quantitative estimate of drug-likeness (QED) is 0.775. The maximum Gasteiger partial charge on any atom is 0.407 e. The summed E-state index contributed by atoms with van der Waals surface area (Å²) in [7, 11) is 0. The average Bonchev–Trinajstić information content (AvgIpc) is 2.72. The number of amides is 1. The minimum atomic E-state index is -0.821. The molecule has 4 atom stereocenters. The highest BCUT2D eigenvalue weighted by Crippen LogP contribution is 2.39. The number of carboxylic acid groups (broad SMARTS) is 1. The van der Waals surface area contributed by atoms with Crippen molar-refractivity contribution in [2.75, 3.05) is 0 Å². The molecule has 2 rings (SSSR count). The standard InChI is InChI=1S/C12H19NO5/c1-12(2,3)18-11(16)13-7-5-8-6(10(14)15)4-9(7)17-8/h6-9H,4-5H2,1-3H3,(H,13,16)(H,14,15). The zero-order chi connectivity index (χ0) is 13.5. The minimum Gasteiger partial charge on any atom is -0.481 e. The lowest BCUT2D eigenvalue weighted by atomic mass is 9.86. The van der Waals surface area contributed by atoms with Crippen molar-refractivity contribution < 1.29 is 24.2 Å². The van der Waals surface area contributed by atoms with Crippen molar-refractivity contribution in [1.82, 2.24) is 5.32 Å². The Labute approximate surface area is 106 Å². The molecule has 2 N–H and O–H groups in total. The van der Waals surface area contributed by atoms with Gasteiger partial charge in [0.05, 0.1) is 24.2 Å². The summed E-state index contributed by atoms with van der Waals surface area (Å²) in [5, 5.41) is 11.7. The Morgan fingerprint density at radius 1 is 1.28 bits per heavy atom. The van der Waals surface area contributed by atoms with Gasteiger partial charge in [0.1, 0.15) is 5.60 Å². The second kappa shape index (κ2) is 4.42. The van der Waals surface area contributed by atoms with E-state index in [4.69, 9.17) is 14.6 Å². The normalized spacial score (nSPS) is 34.4. The van der Waals surface area contributed by atoms with Crippen LogP contribution >= 0.6 is 0 Å². The molecule has 0 radical (unpaired) electrons. The van der Waals surface area contributed by atoms with Crippen molar-refractivity contribution in [1.29, 1.82) is 0 Å². The number of ether oxygens (including phenoxy) is 2. The summed E-state index contributed by atoms with van der Waals surface area (Å²) in [6.45, 7) is 5.39. The van der Waals surface area contributed by atoms with Gasteiger partial charge in [0.15, 0.2) is 0 Å². The predicted octanol–water partition coefficient (Wildman–Crippen LogP) is 1.14. The molecule has 2 fully saturated rings. The van der Waals surface area contributed by atoms with Crippen LogP contribution in [0.5, 0.6) is 0 Å². The van der Waals surface area contributed by atoms with Gasteiger partial charge in [0.25, 0.3) is 0 Å². The molecule has 0 saturated carbocycles. The zero-order valence-electron chi connectivity index (χ0n) is 10.8. The summed E-state index contributed by atoms with van der Waals surface area (Å²) >= 11 is 0. The van der Waals surface area contributed by atoms with E-state index in [-0.39, 0.29) is 18.2 Å². The van der Waals surface area contributed by atoms with Gasteiger partial charge in [-0.25, -0.2) is 4.79 Å². The molecule has 1 amide bonds. The number of carbonyl (C=O) groups excluding carboxylic acids is 1. The van der Waals surface area contributed by atoms with Gasteiger partial charge in [-0.15, -0.1) is 0 Å². The smallest absolute Gasteiger partial charge is 0.407 e. The van der Waals surface area contributed by atoms with E-state index in [1.54, 1.807) is 20.8 Å². The molecule has 102 valence electrons. The Kier molecular flexibility index (Phi) is 3.23. The van der Waals surface area contributed by atoms with Gasteiger partial charge in [-0.1, -0.05) is 0 Å². The number of aliphatic carboxylic acids is 1. The van der Waals surface area contributed by atoms with Crippen molar-refractivity contribution in [3.8, 4) is 0 Å². The van der Waals surface area contributed by atoms with E-state index in [0.717, 1.165) is 0 Å². The number of carboxylic acids is 1. The lowest BCUT2D eigenvalue weighted by molar-refractivity contribution is -0.143. The van der Waals surface area contributed by atoms with E-state index in [0.29, 0.717) is 12.8 Å². The van der Waals surface area contributed by atoms with E-state index in [1.807, 2.05) is 0 Å². The molecule has 0 aromatic rings. The Bertz CT molecular complexity index is 362. The Hall–Kier alpha value is -1.30. The molecular weight excluding hydrogens is 238 g/mol. The molecule has 6 nitrogen and oxygen atoms in total. The lowest BCUT2D eigenvalue weighted by Gasteiger charge is -2.25. The van der Waals surface area contributed by atoms with Crippen molar-refractivity contribution >= 4 is 12.1 Å². The highest BCUT2D eigenvalue weighted by molar-refractivity contribution is 5.72. The maximum atomic E-state index is 11.6. The fourth-order valence-electron chi connectivity index (χ4n) is 2.53. The van der Waals surface area contributed by atoms with E-state index in [9.17, 15) is 9.59 Å². The van der Waals surface area contributed by atoms with E-state index in [2.05, 4.69) is 5.32 Å².